The highest BCUT2D eigenvalue weighted by Crippen LogP contribution is 2.33. The highest BCUT2D eigenvalue weighted by atomic mass is 14.9. The van der Waals surface area contributed by atoms with Crippen LogP contribution in [0.15, 0.2) is 4.99 Å². The lowest BCUT2D eigenvalue weighted by Crippen LogP contribution is -2.27. The van der Waals surface area contributed by atoms with Crippen LogP contribution in [0.1, 0.15) is 25.7 Å². The van der Waals surface area contributed by atoms with Crippen molar-refractivity contribution < 1.29 is 0 Å². The van der Waals surface area contributed by atoms with Gasteiger partial charge in [-0.3, -0.25) is 4.99 Å². The molecule has 1 fully saturated rings. The van der Waals surface area contributed by atoms with Crippen molar-refractivity contribution in [2.75, 3.05) is 6.54 Å². The monoisotopic (exact) mass is 138 g/mol. The molecule has 0 aromatic rings. The summed E-state index contributed by atoms with van der Waals surface area (Å²) in [5, 5.41) is 0. The molecule has 1 aliphatic carbocycles. The van der Waals surface area contributed by atoms with Crippen molar-refractivity contribution in [1.29, 1.82) is 0 Å². The molecule has 0 aromatic heterocycles. The van der Waals surface area contributed by atoms with Gasteiger partial charge in [0.2, 0.25) is 0 Å². The van der Waals surface area contributed by atoms with E-state index in [0.717, 1.165) is 18.3 Å². The minimum atomic E-state index is 0.661. The molecule has 2 nitrogen and oxygen atoms in total. The predicted octanol–water partition coefficient (Wildman–Crippen LogP) is 1.16. The highest BCUT2D eigenvalue weighted by molar-refractivity contribution is 5.84. The number of aliphatic imine (C=N–C) groups is 1. The largest absolute Gasteiger partial charge is 0.387 e. The van der Waals surface area contributed by atoms with E-state index in [1.54, 1.807) is 0 Å². The average Bonchev–Trinajstić information content (AvgIpc) is 2.34. The highest BCUT2D eigenvalue weighted by Gasteiger charge is 2.31. The van der Waals surface area contributed by atoms with Crippen LogP contribution < -0.4 is 5.73 Å². The maximum atomic E-state index is 5.74. The van der Waals surface area contributed by atoms with Crippen LogP contribution in [0.3, 0.4) is 0 Å². The van der Waals surface area contributed by atoms with E-state index in [1.165, 1.54) is 25.7 Å². The van der Waals surface area contributed by atoms with Crippen molar-refractivity contribution in [3.05, 3.63) is 0 Å². The van der Waals surface area contributed by atoms with Gasteiger partial charge in [0.1, 0.15) is 0 Å². The Kier molecular flexibility index (Phi) is 1.40. The van der Waals surface area contributed by atoms with Crippen molar-refractivity contribution in [2.24, 2.45) is 22.6 Å². The summed E-state index contributed by atoms with van der Waals surface area (Å²) in [4.78, 5) is 4.28. The molecule has 2 rings (SSSR count). The molecule has 0 radical (unpaired) electrons. The van der Waals surface area contributed by atoms with Gasteiger partial charge < -0.3 is 5.73 Å². The predicted molar refractivity (Wildman–Crippen MR) is 41.9 cm³/mol. The van der Waals surface area contributed by atoms with E-state index in [4.69, 9.17) is 5.73 Å². The topological polar surface area (TPSA) is 38.4 Å². The third kappa shape index (κ3) is 0.825. The van der Waals surface area contributed by atoms with Gasteiger partial charge in [-0.05, 0) is 18.8 Å². The summed E-state index contributed by atoms with van der Waals surface area (Å²) >= 11 is 0. The number of nitrogens with two attached hydrogens (primary N) is 1. The number of nitrogens with zero attached hydrogens (tertiary/aromatic N) is 1. The van der Waals surface area contributed by atoms with E-state index in [0.29, 0.717) is 5.92 Å². The lowest BCUT2D eigenvalue weighted by molar-refractivity contribution is 0.328. The normalized spacial score (nSPS) is 39.0. The molecule has 0 bridgehead atoms. The molecule has 1 heterocycles. The zero-order chi connectivity index (χ0) is 6.97. The maximum Gasteiger partial charge on any atom is 0.0972 e. The molecule has 2 N–H and O–H groups in total. The van der Waals surface area contributed by atoms with Crippen LogP contribution in [-0.2, 0) is 0 Å². The minimum Gasteiger partial charge on any atom is -0.387 e. The van der Waals surface area contributed by atoms with Crippen molar-refractivity contribution >= 4 is 5.84 Å². The van der Waals surface area contributed by atoms with Crippen LogP contribution in [0, 0.1) is 11.8 Å². The summed E-state index contributed by atoms with van der Waals surface area (Å²) in [5.74, 6) is 2.41. The van der Waals surface area contributed by atoms with Gasteiger partial charge in [-0.2, -0.15) is 0 Å². The Labute approximate surface area is 61.5 Å². The van der Waals surface area contributed by atoms with Gasteiger partial charge in [-0.1, -0.05) is 12.8 Å². The van der Waals surface area contributed by atoms with Crippen molar-refractivity contribution in [3.63, 3.8) is 0 Å². The van der Waals surface area contributed by atoms with Gasteiger partial charge in [0.05, 0.1) is 5.84 Å². The smallest absolute Gasteiger partial charge is 0.0972 e. The summed E-state index contributed by atoms with van der Waals surface area (Å²) in [7, 11) is 0. The molecule has 0 amide bonds. The van der Waals surface area contributed by atoms with E-state index in [2.05, 4.69) is 4.99 Å². The molecule has 1 aliphatic heterocycles. The van der Waals surface area contributed by atoms with Gasteiger partial charge in [0.15, 0.2) is 0 Å². The molecular formula is C8H14N2. The Morgan fingerprint density at radius 2 is 2.10 bits per heavy atom. The first kappa shape index (κ1) is 6.20. The average molecular weight is 138 g/mol. The van der Waals surface area contributed by atoms with Gasteiger partial charge in [-0.15, -0.1) is 0 Å². The van der Waals surface area contributed by atoms with Crippen molar-refractivity contribution in [2.45, 2.75) is 25.7 Å². The first-order chi connectivity index (χ1) is 4.88. The zero-order valence-electron chi connectivity index (χ0n) is 6.21. The molecule has 0 spiro atoms. The van der Waals surface area contributed by atoms with E-state index in [9.17, 15) is 0 Å². The SMILES string of the molecule is NC1=NC[C@@H]2CCCC[C@@H]12. The Hall–Kier alpha value is -0.530. The maximum absolute atomic E-state index is 5.74. The lowest BCUT2D eigenvalue weighted by Gasteiger charge is -2.24. The van der Waals surface area contributed by atoms with Crippen molar-refractivity contribution in [1.82, 2.24) is 0 Å². The second-order valence-electron chi connectivity index (χ2n) is 3.42. The molecular weight excluding hydrogens is 124 g/mol. The standard InChI is InChI=1S/C8H14N2/c9-8-7-4-2-1-3-6(7)5-10-8/h6-7H,1-5H2,(H2,9,10)/t6-,7+/m0/s1. The first-order valence-electron chi connectivity index (χ1n) is 4.18. The Morgan fingerprint density at radius 3 is 2.90 bits per heavy atom. The van der Waals surface area contributed by atoms with Gasteiger partial charge in [-0.25, -0.2) is 0 Å². The molecule has 0 unspecified atom stereocenters. The fraction of sp³-hybridized carbons (Fsp3) is 0.875. The van der Waals surface area contributed by atoms with Gasteiger partial charge in [0.25, 0.3) is 0 Å². The first-order valence-corrected chi connectivity index (χ1v) is 4.18. The number of hydrogen-bond acceptors (Lipinski definition) is 2. The number of fused-ring (bicyclic) bond motifs is 1. The van der Waals surface area contributed by atoms with Crippen LogP contribution in [0.25, 0.3) is 0 Å². The molecule has 2 aliphatic rings. The van der Waals surface area contributed by atoms with E-state index >= 15 is 0 Å². The fourth-order valence-electron chi connectivity index (χ4n) is 2.16. The Balaban J connectivity index is 2.08. The second-order valence-corrected chi connectivity index (χ2v) is 3.42. The lowest BCUT2D eigenvalue weighted by atomic mass is 9.81. The zero-order valence-corrected chi connectivity index (χ0v) is 6.21. The van der Waals surface area contributed by atoms with Gasteiger partial charge >= 0.3 is 0 Å². The van der Waals surface area contributed by atoms with Crippen LogP contribution >= 0.6 is 0 Å². The molecule has 2 heteroatoms. The summed E-state index contributed by atoms with van der Waals surface area (Å²) in [5.41, 5.74) is 5.74. The van der Waals surface area contributed by atoms with Crippen LogP contribution in [0.2, 0.25) is 0 Å². The Bertz CT molecular complexity index is 163. The molecule has 0 aromatic carbocycles. The van der Waals surface area contributed by atoms with Crippen LogP contribution in [0.5, 0.6) is 0 Å². The van der Waals surface area contributed by atoms with Crippen molar-refractivity contribution in [3.8, 4) is 0 Å². The van der Waals surface area contributed by atoms with E-state index in [-0.39, 0.29) is 0 Å². The summed E-state index contributed by atoms with van der Waals surface area (Å²) < 4.78 is 0. The van der Waals surface area contributed by atoms with E-state index in [1.807, 2.05) is 0 Å². The molecule has 1 saturated carbocycles. The molecule has 56 valence electrons. The quantitative estimate of drug-likeness (QED) is 0.536. The van der Waals surface area contributed by atoms with Crippen LogP contribution in [-0.4, -0.2) is 12.4 Å². The van der Waals surface area contributed by atoms with E-state index < -0.39 is 0 Å². The summed E-state index contributed by atoms with van der Waals surface area (Å²) in [6.07, 6.45) is 5.40. The summed E-state index contributed by atoms with van der Waals surface area (Å²) in [6, 6.07) is 0. The second kappa shape index (κ2) is 2.26. The molecule has 2 atom stereocenters. The number of hydrogen-bond donors (Lipinski definition) is 1. The fourth-order valence-corrected chi connectivity index (χ4v) is 2.16. The molecule has 10 heavy (non-hydrogen) atoms. The third-order valence-electron chi connectivity index (χ3n) is 2.80. The minimum absolute atomic E-state index is 0.661. The number of rotatable bonds is 0. The summed E-state index contributed by atoms with van der Waals surface area (Å²) in [6.45, 7) is 1.01. The third-order valence-corrected chi connectivity index (χ3v) is 2.80. The number of amidine groups is 1. The molecule has 0 saturated heterocycles. The van der Waals surface area contributed by atoms with Gasteiger partial charge in [0, 0.05) is 12.5 Å². The van der Waals surface area contributed by atoms with Crippen LogP contribution in [0.4, 0.5) is 0 Å². The Morgan fingerprint density at radius 1 is 1.30 bits per heavy atom.